The molecule has 0 radical (unpaired) electrons. The van der Waals surface area contributed by atoms with Crippen LogP contribution in [0.25, 0.3) is 11.1 Å². The summed E-state index contributed by atoms with van der Waals surface area (Å²) < 4.78 is 0. The predicted molar refractivity (Wildman–Crippen MR) is 69.2 cm³/mol. The van der Waals surface area contributed by atoms with Gasteiger partial charge in [0, 0.05) is 30.6 Å². The Balaban J connectivity index is 2.38. The molecule has 5 nitrogen and oxygen atoms in total. The molecule has 18 heavy (non-hydrogen) atoms. The van der Waals surface area contributed by atoms with Gasteiger partial charge in [0.2, 0.25) is 5.91 Å². The number of H-pyrrole nitrogens is 1. The molecular formula is C13H13N3O2. The molecule has 0 aromatic carbocycles. The molecule has 2 heterocycles. The van der Waals surface area contributed by atoms with Gasteiger partial charge in [-0.05, 0) is 23.8 Å². The normalized spacial score (nSPS) is 10.1. The van der Waals surface area contributed by atoms with Gasteiger partial charge in [0.05, 0.1) is 0 Å². The number of hydrogen-bond donors (Lipinski definition) is 2. The van der Waals surface area contributed by atoms with E-state index in [1.165, 1.54) is 0 Å². The van der Waals surface area contributed by atoms with Gasteiger partial charge in [-0.3, -0.25) is 14.6 Å². The number of nitrogens with one attached hydrogen (secondary N) is 2. The summed E-state index contributed by atoms with van der Waals surface area (Å²) in [6.07, 6.45) is 5.29. The predicted octanol–water partition coefficient (Wildman–Crippen LogP) is 1.79. The van der Waals surface area contributed by atoms with E-state index < -0.39 is 0 Å². The van der Waals surface area contributed by atoms with Crippen molar-refractivity contribution in [3.05, 3.63) is 47.1 Å². The number of nitrogens with zero attached hydrogens (tertiary/aromatic N) is 1. The van der Waals surface area contributed by atoms with E-state index in [4.69, 9.17) is 0 Å². The minimum atomic E-state index is -0.311. The van der Waals surface area contributed by atoms with E-state index in [-0.39, 0.29) is 17.2 Å². The fourth-order valence-corrected chi connectivity index (χ4v) is 1.53. The molecule has 0 unspecified atom stereocenters. The van der Waals surface area contributed by atoms with Crippen molar-refractivity contribution < 1.29 is 4.79 Å². The Morgan fingerprint density at radius 1 is 1.33 bits per heavy atom. The van der Waals surface area contributed by atoms with Gasteiger partial charge in [-0.2, -0.15) is 0 Å². The summed E-state index contributed by atoms with van der Waals surface area (Å²) in [4.78, 5) is 29.4. The number of rotatable bonds is 3. The smallest absolute Gasteiger partial charge is 0.271 e. The summed E-state index contributed by atoms with van der Waals surface area (Å²) in [5.74, 6) is -0.188. The van der Waals surface area contributed by atoms with Gasteiger partial charge in [-0.25, -0.2) is 0 Å². The van der Waals surface area contributed by atoms with Crippen LogP contribution >= 0.6 is 0 Å². The minimum absolute atomic E-state index is 0.188. The zero-order valence-corrected chi connectivity index (χ0v) is 9.93. The second kappa shape index (κ2) is 5.27. The fourth-order valence-electron chi connectivity index (χ4n) is 1.53. The monoisotopic (exact) mass is 243 g/mol. The number of anilines is 1. The Morgan fingerprint density at radius 2 is 2.06 bits per heavy atom. The number of carbonyl (C=O) groups is 1. The highest BCUT2D eigenvalue weighted by Crippen LogP contribution is 2.18. The molecule has 1 amide bonds. The average molecular weight is 243 g/mol. The van der Waals surface area contributed by atoms with Gasteiger partial charge < -0.3 is 10.3 Å². The first-order chi connectivity index (χ1) is 8.70. The molecular weight excluding hydrogens is 230 g/mol. The molecule has 2 N–H and O–H groups in total. The van der Waals surface area contributed by atoms with Crippen LogP contribution in [0.1, 0.15) is 13.3 Å². The third-order valence-corrected chi connectivity index (χ3v) is 2.51. The average Bonchev–Trinajstić information content (AvgIpc) is 2.42. The van der Waals surface area contributed by atoms with E-state index in [1.54, 1.807) is 31.6 Å². The quantitative estimate of drug-likeness (QED) is 0.862. The van der Waals surface area contributed by atoms with Crippen LogP contribution < -0.4 is 10.9 Å². The highest BCUT2D eigenvalue weighted by Gasteiger charge is 2.06. The zero-order valence-electron chi connectivity index (χ0n) is 9.93. The molecule has 2 aromatic rings. The summed E-state index contributed by atoms with van der Waals surface area (Å²) in [7, 11) is 0. The lowest BCUT2D eigenvalue weighted by atomic mass is 10.1. The van der Waals surface area contributed by atoms with Gasteiger partial charge in [-0.1, -0.05) is 6.92 Å². The van der Waals surface area contributed by atoms with Crippen LogP contribution in [0.5, 0.6) is 0 Å². The largest absolute Gasteiger partial charge is 0.327 e. The number of aromatic amines is 1. The van der Waals surface area contributed by atoms with Crippen LogP contribution in [0, 0.1) is 0 Å². The second-order valence-corrected chi connectivity index (χ2v) is 3.77. The van der Waals surface area contributed by atoms with Gasteiger partial charge in [0.15, 0.2) is 0 Å². The number of carbonyl (C=O) groups excluding carboxylic acids is 1. The van der Waals surface area contributed by atoms with E-state index in [1.807, 2.05) is 12.1 Å². The highest BCUT2D eigenvalue weighted by molar-refractivity contribution is 5.90. The second-order valence-electron chi connectivity index (χ2n) is 3.77. The van der Waals surface area contributed by atoms with Gasteiger partial charge in [-0.15, -0.1) is 0 Å². The first kappa shape index (κ1) is 12.0. The summed E-state index contributed by atoms with van der Waals surface area (Å²) in [5, 5.41) is 2.57. The van der Waals surface area contributed by atoms with Crippen molar-refractivity contribution >= 4 is 11.6 Å². The molecule has 0 aliphatic rings. The Labute approximate surface area is 104 Å². The molecule has 2 aromatic heterocycles. The Bertz CT molecular complexity index is 605. The SMILES string of the molecule is CCC(=O)Nc1cc(-c2ccncc2)c[nH]c1=O. The molecule has 2 rings (SSSR count). The van der Waals surface area contributed by atoms with Crippen LogP contribution in [0.4, 0.5) is 5.69 Å². The van der Waals surface area contributed by atoms with Crippen molar-refractivity contribution in [1.29, 1.82) is 0 Å². The Kier molecular flexibility index (Phi) is 3.52. The zero-order chi connectivity index (χ0) is 13.0. The van der Waals surface area contributed by atoms with E-state index >= 15 is 0 Å². The van der Waals surface area contributed by atoms with Crippen molar-refractivity contribution in [2.75, 3.05) is 5.32 Å². The lowest BCUT2D eigenvalue weighted by Gasteiger charge is -2.05. The molecule has 0 saturated carbocycles. The van der Waals surface area contributed by atoms with E-state index in [2.05, 4.69) is 15.3 Å². The first-order valence-electron chi connectivity index (χ1n) is 5.63. The van der Waals surface area contributed by atoms with Crippen LogP contribution in [0.2, 0.25) is 0 Å². The van der Waals surface area contributed by atoms with Crippen molar-refractivity contribution in [3.8, 4) is 11.1 Å². The third-order valence-electron chi connectivity index (χ3n) is 2.51. The Morgan fingerprint density at radius 3 is 2.72 bits per heavy atom. The fraction of sp³-hybridized carbons (Fsp3) is 0.154. The van der Waals surface area contributed by atoms with E-state index in [9.17, 15) is 9.59 Å². The third kappa shape index (κ3) is 2.63. The molecule has 92 valence electrons. The highest BCUT2D eigenvalue weighted by atomic mass is 16.2. The maximum absolute atomic E-state index is 11.6. The number of aromatic nitrogens is 2. The van der Waals surface area contributed by atoms with E-state index in [0.717, 1.165) is 11.1 Å². The van der Waals surface area contributed by atoms with E-state index in [0.29, 0.717) is 6.42 Å². The first-order valence-corrected chi connectivity index (χ1v) is 5.63. The number of pyridine rings is 2. The maximum atomic E-state index is 11.6. The molecule has 0 saturated heterocycles. The van der Waals surface area contributed by atoms with Crippen molar-refractivity contribution in [1.82, 2.24) is 9.97 Å². The lowest BCUT2D eigenvalue weighted by Crippen LogP contribution is -2.18. The molecule has 0 aliphatic carbocycles. The Hall–Kier alpha value is -2.43. The minimum Gasteiger partial charge on any atom is -0.327 e. The van der Waals surface area contributed by atoms with Crippen LogP contribution in [0.15, 0.2) is 41.6 Å². The van der Waals surface area contributed by atoms with Crippen LogP contribution in [0.3, 0.4) is 0 Å². The number of hydrogen-bond acceptors (Lipinski definition) is 3. The molecule has 0 aliphatic heterocycles. The topological polar surface area (TPSA) is 74.8 Å². The lowest BCUT2D eigenvalue weighted by molar-refractivity contribution is -0.115. The molecule has 0 bridgehead atoms. The summed E-state index contributed by atoms with van der Waals surface area (Å²) >= 11 is 0. The molecule has 0 atom stereocenters. The van der Waals surface area contributed by atoms with Gasteiger partial charge in [0.1, 0.15) is 5.69 Å². The van der Waals surface area contributed by atoms with Gasteiger partial charge >= 0.3 is 0 Å². The van der Waals surface area contributed by atoms with Crippen molar-refractivity contribution in [2.45, 2.75) is 13.3 Å². The number of amides is 1. The van der Waals surface area contributed by atoms with Crippen molar-refractivity contribution in [3.63, 3.8) is 0 Å². The van der Waals surface area contributed by atoms with Crippen molar-refractivity contribution in [2.24, 2.45) is 0 Å². The van der Waals surface area contributed by atoms with Crippen LogP contribution in [-0.2, 0) is 4.79 Å². The molecule has 0 fully saturated rings. The molecule has 0 spiro atoms. The van der Waals surface area contributed by atoms with Gasteiger partial charge in [0.25, 0.3) is 5.56 Å². The van der Waals surface area contributed by atoms with Crippen LogP contribution in [-0.4, -0.2) is 15.9 Å². The maximum Gasteiger partial charge on any atom is 0.271 e. The summed E-state index contributed by atoms with van der Waals surface area (Å²) in [6, 6.07) is 5.32. The standard InChI is InChI=1S/C13H13N3O2/c1-2-12(17)16-11-7-10(8-15-13(11)18)9-3-5-14-6-4-9/h3-8H,2H2,1H3,(H,15,18)(H,16,17). The summed E-state index contributed by atoms with van der Waals surface area (Å²) in [5.41, 5.74) is 1.70. The summed E-state index contributed by atoms with van der Waals surface area (Å²) in [6.45, 7) is 1.73. The molecule has 5 heteroatoms.